The van der Waals surface area contributed by atoms with E-state index in [-0.39, 0.29) is 53.8 Å². The third kappa shape index (κ3) is 4.08. The highest BCUT2D eigenvalue weighted by Crippen LogP contribution is 2.69. The molecule has 1 aromatic heterocycles. The van der Waals surface area contributed by atoms with Gasteiger partial charge in [-0.15, -0.1) is 5.10 Å². The molecule has 0 unspecified atom stereocenters. The zero-order chi connectivity index (χ0) is 27.8. The number of nitrogens with zero attached hydrogens (tertiary/aromatic N) is 3. The minimum Gasteiger partial charge on any atom is -0.384 e. The first-order chi connectivity index (χ1) is 18.4. The number of alkyl halides is 3. The van der Waals surface area contributed by atoms with E-state index >= 15 is 0 Å². The average Bonchev–Trinajstić information content (AvgIpc) is 3.43. The molecule has 1 heterocycles. The summed E-state index contributed by atoms with van der Waals surface area (Å²) in [5, 5.41) is 19.1. The largest absolute Gasteiger partial charge is 0.417 e. The first kappa shape index (κ1) is 27.2. The lowest BCUT2D eigenvalue weighted by Crippen LogP contribution is -2.61. The Morgan fingerprint density at radius 1 is 1.13 bits per heavy atom. The molecule has 4 fully saturated rings. The van der Waals surface area contributed by atoms with Gasteiger partial charge in [-0.1, -0.05) is 18.2 Å². The fourth-order valence-corrected chi connectivity index (χ4v) is 9.84. The van der Waals surface area contributed by atoms with Crippen molar-refractivity contribution >= 4 is 16.8 Å². The molecule has 0 bridgehead atoms. The van der Waals surface area contributed by atoms with E-state index in [1.165, 1.54) is 0 Å². The summed E-state index contributed by atoms with van der Waals surface area (Å²) in [7, 11) is 1.65. The normalized spacial score (nSPS) is 40.2. The van der Waals surface area contributed by atoms with Crippen LogP contribution in [-0.2, 0) is 16.1 Å². The van der Waals surface area contributed by atoms with E-state index < -0.39 is 11.8 Å². The number of hydrogen-bond donors (Lipinski definition) is 1. The Hall–Kier alpha value is -2.00. The van der Waals surface area contributed by atoms with Crippen molar-refractivity contribution in [1.29, 1.82) is 0 Å². The third-order valence-corrected chi connectivity index (χ3v) is 11.7. The molecule has 2 aromatic rings. The van der Waals surface area contributed by atoms with Crippen molar-refractivity contribution in [3.05, 3.63) is 23.8 Å². The van der Waals surface area contributed by atoms with E-state index in [0.29, 0.717) is 31.3 Å². The molecule has 214 valence electrons. The molecule has 0 amide bonds. The number of fused-ring (bicyclic) bond motifs is 6. The quantitative estimate of drug-likeness (QED) is 0.505. The Morgan fingerprint density at radius 3 is 2.67 bits per heavy atom. The van der Waals surface area contributed by atoms with E-state index in [9.17, 15) is 23.1 Å². The summed E-state index contributed by atoms with van der Waals surface area (Å²) in [4.78, 5) is 13.8. The van der Waals surface area contributed by atoms with Gasteiger partial charge in [-0.05, 0) is 117 Å². The molecule has 0 spiro atoms. The van der Waals surface area contributed by atoms with Gasteiger partial charge in [-0.3, -0.25) is 4.79 Å². The molecule has 0 radical (unpaired) electrons. The summed E-state index contributed by atoms with van der Waals surface area (Å²) in [5.74, 6) is 0.971. The van der Waals surface area contributed by atoms with Gasteiger partial charge in [0, 0.05) is 13.0 Å². The number of rotatable bonds is 5. The number of hydrogen-bond acceptors (Lipinski definition) is 5. The average molecular weight is 548 g/mol. The molecular formula is C30H40F3N3O3. The molecule has 1 aromatic carbocycles. The van der Waals surface area contributed by atoms with Crippen LogP contribution in [0.15, 0.2) is 18.2 Å². The van der Waals surface area contributed by atoms with E-state index in [1.54, 1.807) is 11.8 Å². The Labute approximate surface area is 227 Å². The minimum absolute atomic E-state index is 0.0501. The maximum atomic E-state index is 13.8. The highest BCUT2D eigenvalue weighted by Gasteiger charge is 2.66. The van der Waals surface area contributed by atoms with Crippen LogP contribution >= 0.6 is 0 Å². The van der Waals surface area contributed by atoms with Crippen LogP contribution in [0, 0.1) is 47.3 Å². The number of carbonyl (C=O) groups is 1. The molecule has 4 aliphatic rings. The van der Waals surface area contributed by atoms with Crippen molar-refractivity contribution in [3.63, 3.8) is 0 Å². The van der Waals surface area contributed by atoms with Crippen LogP contribution in [0.25, 0.3) is 11.0 Å². The molecule has 0 saturated heterocycles. The zero-order valence-corrected chi connectivity index (χ0v) is 23.1. The molecule has 0 aliphatic heterocycles. The predicted octanol–water partition coefficient (Wildman–Crippen LogP) is 5.89. The second-order valence-corrected chi connectivity index (χ2v) is 13.4. The van der Waals surface area contributed by atoms with Gasteiger partial charge < -0.3 is 9.84 Å². The van der Waals surface area contributed by atoms with E-state index in [1.807, 2.05) is 25.1 Å². The summed E-state index contributed by atoms with van der Waals surface area (Å²) < 4.78 is 48.8. The molecule has 4 aliphatic carbocycles. The van der Waals surface area contributed by atoms with Crippen molar-refractivity contribution in [1.82, 2.24) is 15.0 Å². The van der Waals surface area contributed by atoms with Crippen molar-refractivity contribution in [2.45, 2.75) is 90.0 Å². The number of Topliss-reactive ketones (excluding diaryl/α,β-unsaturated/α-hetero) is 1. The second-order valence-electron chi connectivity index (χ2n) is 13.4. The molecule has 39 heavy (non-hydrogen) atoms. The van der Waals surface area contributed by atoms with Crippen LogP contribution in [0.3, 0.4) is 0 Å². The van der Waals surface area contributed by atoms with Crippen LogP contribution in [0.1, 0.15) is 70.3 Å². The fraction of sp³-hybridized carbons (Fsp3) is 0.767. The smallest absolute Gasteiger partial charge is 0.384 e. The number of aryl methyl sites for hydroxylation is 1. The van der Waals surface area contributed by atoms with Crippen molar-refractivity contribution in [2.75, 3.05) is 13.7 Å². The number of aromatic nitrogens is 3. The van der Waals surface area contributed by atoms with Crippen molar-refractivity contribution in [3.8, 4) is 0 Å². The first-order valence-electron chi connectivity index (χ1n) is 14.5. The van der Waals surface area contributed by atoms with Gasteiger partial charge >= 0.3 is 6.18 Å². The molecule has 9 heteroatoms. The second kappa shape index (κ2) is 9.26. The number of halogens is 3. The predicted molar refractivity (Wildman–Crippen MR) is 140 cm³/mol. The van der Waals surface area contributed by atoms with Crippen LogP contribution < -0.4 is 0 Å². The molecule has 6 nitrogen and oxygen atoms in total. The van der Waals surface area contributed by atoms with E-state index in [0.717, 1.165) is 48.7 Å². The highest BCUT2D eigenvalue weighted by atomic mass is 19.4. The third-order valence-electron chi connectivity index (χ3n) is 11.7. The van der Waals surface area contributed by atoms with Gasteiger partial charge in [-0.2, -0.15) is 13.2 Å². The number of ether oxygens (including phenoxy) is 1. The first-order valence-corrected chi connectivity index (χ1v) is 14.5. The van der Waals surface area contributed by atoms with Crippen LogP contribution in [-0.4, -0.2) is 51.4 Å². The van der Waals surface area contributed by atoms with Gasteiger partial charge in [-0.25, -0.2) is 4.68 Å². The van der Waals surface area contributed by atoms with Gasteiger partial charge in [0.15, 0.2) is 11.4 Å². The van der Waals surface area contributed by atoms with E-state index in [4.69, 9.17) is 4.74 Å². The topological polar surface area (TPSA) is 77.2 Å². The number of methoxy groups -OCH3 is 1. The molecule has 8 atom stereocenters. The van der Waals surface area contributed by atoms with Gasteiger partial charge in [0.2, 0.25) is 0 Å². The highest BCUT2D eigenvalue weighted by molar-refractivity contribution is 5.84. The van der Waals surface area contributed by atoms with Crippen molar-refractivity contribution in [2.24, 2.45) is 40.4 Å². The lowest BCUT2D eigenvalue weighted by molar-refractivity contribution is -0.294. The summed E-state index contributed by atoms with van der Waals surface area (Å²) in [6.45, 7) is 4.95. The Kier molecular flexibility index (Phi) is 6.46. The molecule has 4 saturated carbocycles. The van der Waals surface area contributed by atoms with Crippen molar-refractivity contribution < 1.29 is 27.8 Å². The SMILES string of the molecule is COC[C@]12CC[C@](O)(C(F)(F)F)C[C@H]1CC[C@H]1[C@@H]3CC[C@H](C(=O)Cn4nnc5cc(C)ccc54)[C@@]3(C)CC[C@@H]12. The Morgan fingerprint density at radius 2 is 1.92 bits per heavy atom. The standard InChI is InChI=1S/C30H40F3N3O3/c1-18-4-9-25-24(14-18)34-35-36(25)16-26(37)23-8-7-21-20-6-5-19-15-29(38,30(31,32)33)13-12-28(19,17-39-3)22(20)10-11-27(21,23)2/h4,9,14,19-23,38H,5-8,10-13,15-17H2,1-3H3/t19-,20+,21+,22+,23-,27+,28-,29-/m1/s1. The zero-order valence-electron chi connectivity index (χ0n) is 23.1. The summed E-state index contributed by atoms with van der Waals surface area (Å²) in [5.41, 5.74) is -0.285. The number of aliphatic hydroxyl groups is 1. The van der Waals surface area contributed by atoms with Gasteiger partial charge in [0.25, 0.3) is 0 Å². The van der Waals surface area contributed by atoms with Gasteiger partial charge in [0.1, 0.15) is 12.1 Å². The number of benzene rings is 1. The lowest BCUT2D eigenvalue weighted by Gasteiger charge is -2.62. The fourth-order valence-electron chi connectivity index (χ4n) is 9.84. The van der Waals surface area contributed by atoms with Crippen LogP contribution in [0.5, 0.6) is 0 Å². The maximum Gasteiger partial charge on any atom is 0.417 e. The number of carbonyl (C=O) groups excluding carboxylic acids is 1. The monoisotopic (exact) mass is 547 g/mol. The molecular weight excluding hydrogens is 507 g/mol. The Bertz CT molecular complexity index is 1260. The summed E-state index contributed by atoms with van der Waals surface area (Å²) in [6, 6.07) is 5.96. The van der Waals surface area contributed by atoms with E-state index in [2.05, 4.69) is 17.2 Å². The van der Waals surface area contributed by atoms with Gasteiger partial charge in [0.05, 0.1) is 12.1 Å². The molecule has 6 rings (SSSR count). The number of ketones is 1. The maximum absolute atomic E-state index is 13.8. The Balaban J connectivity index is 1.23. The van der Waals surface area contributed by atoms with Crippen LogP contribution in [0.4, 0.5) is 13.2 Å². The minimum atomic E-state index is -4.61. The lowest BCUT2D eigenvalue weighted by atomic mass is 9.43. The molecule has 1 N–H and O–H groups in total. The van der Waals surface area contributed by atoms with Crippen LogP contribution in [0.2, 0.25) is 0 Å². The summed E-state index contributed by atoms with van der Waals surface area (Å²) >= 11 is 0. The summed E-state index contributed by atoms with van der Waals surface area (Å²) in [6.07, 6.45) is 0.419.